The number of carbonyl (C=O) groups excluding carboxylic acids is 1. The van der Waals surface area contributed by atoms with Crippen molar-refractivity contribution in [2.45, 2.75) is 25.3 Å². The molecule has 1 unspecified atom stereocenters. The van der Waals surface area contributed by atoms with E-state index in [0.717, 1.165) is 18.2 Å². The molecular weight excluding hydrogens is 212 g/mol. The van der Waals surface area contributed by atoms with Crippen LogP contribution in [0, 0.1) is 5.92 Å². The summed E-state index contributed by atoms with van der Waals surface area (Å²) in [6, 6.07) is 8.40. The zero-order valence-electron chi connectivity index (χ0n) is 10.1. The van der Waals surface area contributed by atoms with Gasteiger partial charge in [-0.1, -0.05) is 18.2 Å². The number of rotatable bonds is 3. The Morgan fingerprint density at radius 1 is 1.35 bits per heavy atom. The number of hydrogen-bond donors (Lipinski definition) is 1. The molecule has 2 aliphatic rings. The van der Waals surface area contributed by atoms with E-state index in [1.807, 2.05) is 25.2 Å². The molecule has 17 heavy (non-hydrogen) atoms. The first kappa shape index (κ1) is 10.8. The van der Waals surface area contributed by atoms with Crippen molar-refractivity contribution in [3.8, 4) is 0 Å². The minimum absolute atomic E-state index is 0.204. The molecule has 1 aromatic rings. The first-order valence-corrected chi connectivity index (χ1v) is 6.34. The molecule has 1 N–H and O–H groups in total. The van der Waals surface area contributed by atoms with Crippen LogP contribution in [0.2, 0.25) is 0 Å². The van der Waals surface area contributed by atoms with E-state index >= 15 is 0 Å². The van der Waals surface area contributed by atoms with E-state index in [-0.39, 0.29) is 11.9 Å². The number of nitrogens with one attached hydrogen (secondary N) is 1. The van der Waals surface area contributed by atoms with Crippen molar-refractivity contribution in [2.24, 2.45) is 5.92 Å². The molecule has 1 aromatic carbocycles. The summed E-state index contributed by atoms with van der Waals surface area (Å²) in [6.07, 6.45) is 3.27. The summed E-state index contributed by atoms with van der Waals surface area (Å²) in [5, 5.41) is 3.54. The lowest BCUT2D eigenvalue weighted by Crippen LogP contribution is -2.38. The number of carbonyl (C=O) groups is 1. The van der Waals surface area contributed by atoms with E-state index in [1.54, 1.807) is 4.90 Å². The molecule has 0 saturated heterocycles. The first-order valence-electron chi connectivity index (χ1n) is 6.34. The minimum Gasteiger partial charge on any atom is -0.315 e. The highest BCUT2D eigenvalue weighted by atomic mass is 16.2. The second-order valence-electron chi connectivity index (χ2n) is 5.12. The highest BCUT2D eigenvalue weighted by molar-refractivity contribution is 5.96. The third kappa shape index (κ3) is 2.07. The zero-order chi connectivity index (χ0) is 11.8. The fourth-order valence-corrected chi connectivity index (χ4v) is 2.46. The van der Waals surface area contributed by atoms with Gasteiger partial charge in [-0.05, 0) is 36.9 Å². The lowest BCUT2D eigenvalue weighted by atomic mass is 9.96. The van der Waals surface area contributed by atoms with Gasteiger partial charge in [0, 0.05) is 25.2 Å². The molecule has 0 aromatic heterocycles. The van der Waals surface area contributed by atoms with Gasteiger partial charge in [-0.25, -0.2) is 0 Å². The van der Waals surface area contributed by atoms with Crippen molar-refractivity contribution >= 4 is 11.6 Å². The third-order valence-electron chi connectivity index (χ3n) is 3.78. The van der Waals surface area contributed by atoms with Gasteiger partial charge in [-0.2, -0.15) is 0 Å². The van der Waals surface area contributed by atoms with Crippen LogP contribution in [0.25, 0.3) is 0 Å². The Morgan fingerprint density at radius 2 is 2.12 bits per heavy atom. The first-order chi connectivity index (χ1) is 8.25. The average Bonchev–Trinajstić information content (AvgIpc) is 3.16. The second-order valence-corrected chi connectivity index (χ2v) is 5.12. The number of fused-ring (bicyclic) bond motifs is 1. The number of para-hydroxylation sites is 1. The summed E-state index contributed by atoms with van der Waals surface area (Å²) < 4.78 is 0. The van der Waals surface area contributed by atoms with Crippen molar-refractivity contribution in [2.75, 3.05) is 18.5 Å². The molecule has 1 amide bonds. The van der Waals surface area contributed by atoms with Gasteiger partial charge in [0.1, 0.15) is 0 Å². The molecule has 1 heterocycles. The molecule has 1 fully saturated rings. The molecule has 0 spiro atoms. The molecule has 3 nitrogen and oxygen atoms in total. The van der Waals surface area contributed by atoms with Gasteiger partial charge in [-0.3, -0.25) is 4.79 Å². The Balaban J connectivity index is 1.83. The Morgan fingerprint density at radius 3 is 2.88 bits per heavy atom. The van der Waals surface area contributed by atoms with Crippen LogP contribution >= 0.6 is 0 Å². The lowest BCUT2D eigenvalue weighted by molar-refractivity contribution is -0.119. The van der Waals surface area contributed by atoms with Crippen LogP contribution in [0.3, 0.4) is 0 Å². The van der Waals surface area contributed by atoms with Crippen LogP contribution in [-0.4, -0.2) is 19.5 Å². The van der Waals surface area contributed by atoms with E-state index in [1.165, 1.54) is 18.4 Å². The number of nitrogens with zero attached hydrogens (tertiary/aromatic N) is 1. The molecule has 3 heteroatoms. The molecule has 0 bridgehead atoms. The molecular formula is C14H18N2O. The van der Waals surface area contributed by atoms with Gasteiger partial charge in [0.2, 0.25) is 5.91 Å². The summed E-state index contributed by atoms with van der Waals surface area (Å²) in [5.74, 6) is 1.05. The summed E-state index contributed by atoms with van der Waals surface area (Å²) in [6.45, 7) is 1.05. The zero-order valence-corrected chi connectivity index (χ0v) is 10.1. The van der Waals surface area contributed by atoms with Crippen molar-refractivity contribution in [1.82, 2.24) is 5.32 Å². The van der Waals surface area contributed by atoms with Crippen molar-refractivity contribution < 1.29 is 4.79 Å². The van der Waals surface area contributed by atoms with Crippen molar-refractivity contribution in [3.05, 3.63) is 29.8 Å². The Bertz CT molecular complexity index is 440. The molecule has 3 rings (SSSR count). The second kappa shape index (κ2) is 4.15. The van der Waals surface area contributed by atoms with E-state index < -0.39 is 0 Å². The molecule has 1 saturated carbocycles. The van der Waals surface area contributed by atoms with Gasteiger partial charge < -0.3 is 10.2 Å². The van der Waals surface area contributed by atoms with Crippen LogP contribution in [0.1, 0.15) is 30.9 Å². The maximum absolute atomic E-state index is 11.9. The van der Waals surface area contributed by atoms with Crippen molar-refractivity contribution in [3.63, 3.8) is 0 Å². The van der Waals surface area contributed by atoms with Gasteiger partial charge in [-0.15, -0.1) is 0 Å². The molecule has 1 atom stereocenters. The fraction of sp³-hybridized carbons (Fsp3) is 0.500. The van der Waals surface area contributed by atoms with Crippen LogP contribution in [0.4, 0.5) is 5.69 Å². The largest absolute Gasteiger partial charge is 0.315 e. The van der Waals surface area contributed by atoms with E-state index in [4.69, 9.17) is 0 Å². The quantitative estimate of drug-likeness (QED) is 0.862. The third-order valence-corrected chi connectivity index (χ3v) is 3.78. The summed E-state index contributed by atoms with van der Waals surface area (Å²) in [7, 11) is 1.86. The van der Waals surface area contributed by atoms with Crippen LogP contribution in [0.5, 0.6) is 0 Å². The SMILES string of the molecule is CN1C(=O)CC(NCC2CC2)c2ccccc21. The normalized spacial score (nSPS) is 23.7. The standard InChI is InChI=1S/C14H18N2O/c1-16-13-5-3-2-4-11(13)12(8-14(16)17)15-9-10-6-7-10/h2-5,10,12,15H,6-9H2,1H3. The Labute approximate surface area is 102 Å². The van der Waals surface area contributed by atoms with Gasteiger partial charge in [0.05, 0.1) is 0 Å². The van der Waals surface area contributed by atoms with E-state index in [2.05, 4.69) is 11.4 Å². The topological polar surface area (TPSA) is 32.3 Å². The van der Waals surface area contributed by atoms with E-state index in [0.29, 0.717) is 6.42 Å². The van der Waals surface area contributed by atoms with Crippen LogP contribution < -0.4 is 10.2 Å². The monoisotopic (exact) mass is 230 g/mol. The number of hydrogen-bond acceptors (Lipinski definition) is 2. The Hall–Kier alpha value is -1.35. The number of amides is 1. The van der Waals surface area contributed by atoms with E-state index in [9.17, 15) is 4.79 Å². The predicted octanol–water partition coefficient (Wildman–Crippen LogP) is 2.09. The van der Waals surface area contributed by atoms with Crippen molar-refractivity contribution in [1.29, 1.82) is 0 Å². The van der Waals surface area contributed by atoms with Crippen LogP contribution in [0.15, 0.2) is 24.3 Å². The number of benzene rings is 1. The smallest absolute Gasteiger partial charge is 0.228 e. The molecule has 1 aliphatic carbocycles. The maximum atomic E-state index is 11.9. The molecule has 1 aliphatic heterocycles. The fourth-order valence-electron chi connectivity index (χ4n) is 2.46. The highest BCUT2D eigenvalue weighted by Gasteiger charge is 2.30. The van der Waals surface area contributed by atoms with Gasteiger partial charge >= 0.3 is 0 Å². The lowest BCUT2D eigenvalue weighted by Gasteiger charge is -2.32. The average molecular weight is 230 g/mol. The molecule has 0 radical (unpaired) electrons. The number of anilines is 1. The summed E-state index contributed by atoms with van der Waals surface area (Å²) in [4.78, 5) is 13.7. The minimum atomic E-state index is 0.204. The van der Waals surface area contributed by atoms with Crippen LogP contribution in [-0.2, 0) is 4.79 Å². The summed E-state index contributed by atoms with van der Waals surface area (Å²) >= 11 is 0. The summed E-state index contributed by atoms with van der Waals surface area (Å²) in [5.41, 5.74) is 2.31. The maximum Gasteiger partial charge on any atom is 0.228 e. The predicted molar refractivity (Wildman–Crippen MR) is 67.9 cm³/mol. The highest BCUT2D eigenvalue weighted by Crippen LogP contribution is 2.35. The Kier molecular flexibility index (Phi) is 2.63. The van der Waals surface area contributed by atoms with Gasteiger partial charge in [0.25, 0.3) is 0 Å². The van der Waals surface area contributed by atoms with Gasteiger partial charge in [0.15, 0.2) is 0 Å². The molecule has 90 valence electrons.